The summed E-state index contributed by atoms with van der Waals surface area (Å²) >= 11 is 11.8. The lowest BCUT2D eigenvalue weighted by atomic mass is 10.2. The zero-order valence-corrected chi connectivity index (χ0v) is 14.4. The Bertz CT molecular complexity index is 864. The molecule has 1 N–H and O–H groups in total. The van der Waals surface area contributed by atoms with E-state index in [1.807, 2.05) is 12.1 Å². The van der Waals surface area contributed by atoms with Crippen molar-refractivity contribution < 1.29 is 9.21 Å². The molecule has 2 aromatic rings. The zero-order chi connectivity index (χ0) is 17.3. The highest BCUT2D eigenvalue weighted by Gasteiger charge is 2.36. The summed E-state index contributed by atoms with van der Waals surface area (Å²) in [7, 11) is 0. The molecule has 0 spiro atoms. The molecule has 2 atom stereocenters. The molecule has 1 aromatic carbocycles. The fraction of sp³-hybridized carbons (Fsp3) is 0.222. The van der Waals surface area contributed by atoms with Crippen LogP contribution in [0, 0.1) is 17.2 Å². The van der Waals surface area contributed by atoms with E-state index in [2.05, 4.69) is 12.2 Å². The van der Waals surface area contributed by atoms with Gasteiger partial charge in [-0.25, -0.2) is 0 Å². The molecule has 6 heteroatoms. The van der Waals surface area contributed by atoms with Crippen molar-refractivity contribution >= 4 is 40.9 Å². The summed E-state index contributed by atoms with van der Waals surface area (Å²) in [6, 6.07) is 10.2. The smallest absolute Gasteiger partial charge is 0.266 e. The summed E-state index contributed by atoms with van der Waals surface area (Å²) in [5.74, 6) is 1.89. The van der Waals surface area contributed by atoms with E-state index in [0.717, 1.165) is 12.2 Å². The number of carbonyl (C=O) groups excluding carboxylic acids is 1. The second-order valence-electron chi connectivity index (χ2n) is 5.81. The number of furan rings is 1. The van der Waals surface area contributed by atoms with Crippen LogP contribution in [0.1, 0.15) is 30.8 Å². The Morgan fingerprint density at radius 2 is 2.12 bits per heavy atom. The predicted molar refractivity (Wildman–Crippen MR) is 93.9 cm³/mol. The molecule has 1 aromatic heterocycles. The van der Waals surface area contributed by atoms with Crippen molar-refractivity contribution in [3.8, 4) is 6.07 Å². The number of nitrogens with zero attached hydrogens (tertiary/aromatic N) is 1. The van der Waals surface area contributed by atoms with Crippen molar-refractivity contribution in [3.63, 3.8) is 0 Å². The van der Waals surface area contributed by atoms with Gasteiger partial charge in [-0.1, -0.05) is 30.1 Å². The molecule has 1 heterocycles. The maximum Gasteiger partial charge on any atom is 0.266 e. The van der Waals surface area contributed by atoms with Crippen LogP contribution in [0.25, 0.3) is 6.08 Å². The summed E-state index contributed by atoms with van der Waals surface area (Å²) < 4.78 is 5.70. The molecule has 1 aliphatic rings. The van der Waals surface area contributed by atoms with Crippen LogP contribution >= 0.6 is 23.2 Å². The standard InChI is InChI=1S/C18H14Cl2N2O2/c1-10-6-14(10)17-5-3-13(24-17)7-11(9-21)18(23)22-16-4-2-12(19)8-15(16)20/h2-5,7-8,10,14H,6H2,1H3,(H,22,23)/b11-7+/t10-,14-/m0/s1. The van der Waals surface area contributed by atoms with Gasteiger partial charge in [0.1, 0.15) is 23.2 Å². The van der Waals surface area contributed by atoms with Crippen LogP contribution in [-0.2, 0) is 4.79 Å². The van der Waals surface area contributed by atoms with Gasteiger partial charge in [-0.2, -0.15) is 5.26 Å². The number of nitriles is 1. The topological polar surface area (TPSA) is 66.0 Å². The average molecular weight is 361 g/mol. The Hall–Kier alpha value is -2.22. The molecule has 24 heavy (non-hydrogen) atoms. The summed E-state index contributed by atoms with van der Waals surface area (Å²) in [5, 5.41) is 12.6. The van der Waals surface area contributed by atoms with Crippen LogP contribution in [-0.4, -0.2) is 5.91 Å². The van der Waals surface area contributed by atoms with Crippen LogP contribution in [0.15, 0.2) is 40.3 Å². The second-order valence-corrected chi connectivity index (χ2v) is 6.65. The van der Waals surface area contributed by atoms with E-state index in [-0.39, 0.29) is 5.57 Å². The highest BCUT2D eigenvalue weighted by atomic mass is 35.5. The first-order chi connectivity index (χ1) is 11.5. The van der Waals surface area contributed by atoms with Gasteiger partial charge in [-0.3, -0.25) is 4.79 Å². The molecular formula is C18H14Cl2N2O2. The van der Waals surface area contributed by atoms with Gasteiger partial charge < -0.3 is 9.73 Å². The van der Waals surface area contributed by atoms with Crippen LogP contribution in [0.5, 0.6) is 0 Å². The molecule has 0 saturated heterocycles. The monoisotopic (exact) mass is 360 g/mol. The first kappa shape index (κ1) is 16.6. The third-order valence-electron chi connectivity index (χ3n) is 3.95. The van der Waals surface area contributed by atoms with E-state index in [4.69, 9.17) is 27.6 Å². The van der Waals surface area contributed by atoms with Gasteiger partial charge >= 0.3 is 0 Å². The van der Waals surface area contributed by atoms with Crippen molar-refractivity contribution in [1.29, 1.82) is 5.26 Å². The average Bonchev–Trinajstić information content (AvgIpc) is 3.09. The van der Waals surface area contributed by atoms with Crippen LogP contribution in [0.2, 0.25) is 10.0 Å². The number of amides is 1. The number of hydrogen-bond acceptors (Lipinski definition) is 3. The third-order valence-corrected chi connectivity index (χ3v) is 4.50. The first-order valence-corrected chi connectivity index (χ1v) is 8.21. The molecule has 1 amide bonds. The number of nitrogens with one attached hydrogen (secondary N) is 1. The number of hydrogen-bond donors (Lipinski definition) is 1. The third kappa shape index (κ3) is 3.64. The maximum absolute atomic E-state index is 12.3. The minimum absolute atomic E-state index is 0.0641. The first-order valence-electron chi connectivity index (χ1n) is 7.46. The van der Waals surface area contributed by atoms with E-state index in [0.29, 0.717) is 33.3 Å². The Balaban J connectivity index is 1.76. The Kier molecular flexibility index (Phi) is 4.66. The highest BCUT2D eigenvalue weighted by Crippen LogP contribution is 2.47. The molecule has 0 radical (unpaired) electrons. The molecular weight excluding hydrogens is 347 g/mol. The molecule has 3 rings (SSSR count). The number of halogens is 2. The summed E-state index contributed by atoms with van der Waals surface area (Å²) in [4.78, 5) is 12.3. The van der Waals surface area contributed by atoms with E-state index >= 15 is 0 Å². The molecule has 0 unspecified atom stereocenters. The van der Waals surface area contributed by atoms with Crippen LogP contribution in [0.4, 0.5) is 5.69 Å². The van der Waals surface area contributed by atoms with Crippen molar-refractivity contribution in [1.82, 2.24) is 0 Å². The largest absolute Gasteiger partial charge is 0.461 e. The number of carbonyl (C=O) groups is 1. The van der Waals surface area contributed by atoms with E-state index in [1.54, 1.807) is 18.2 Å². The van der Waals surface area contributed by atoms with Gasteiger partial charge in [0.25, 0.3) is 5.91 Å². The molecule has 0 aliphatic heterocycles. The summed E-state index contributed by atoms with van der Waals surface area (Å²) in [6.45, 7) is 2.16. The van der Waals surface area contributed by atoms with E-state index in [9.17, 15) is 10.1 Å². The lowest BCUT2D eigenvalue weighted by Crippen LogP contribution is -2.13. The Morgan fingerprint density at radius 1 is 1.38 bits per heavy atom. The minimum atomic E-state index is -0.556. The van der Waals surface area contributed by atoms with Gasteiger partial charge in [0, 0.05) is 17.0 Å². The van der Waals surface area contributed by atoms with Crippen LogP contribution in [0.3, 0.4) is 0 Å². The van der Waals surface area contributed by atoms with Gasteiger partial charge in [0.2, 0.25) is 0 Å². The molecule has 1 fully saturated rings. The lowest BCUT2D eigenvalue weighted by molar-refractivity contribution is -0.112. The predicted octanol–water partition coefficient (Wildman–Crippen LogP) is 5.26. The van der Waals surface area contributed by atoms with Gasteiger partial charge in [-0.15, -0.1) is 0 Å². The number of benzene rings is 1. The molecule has 1 aliphatic carbocycles. The van der Waals surface area contributed by atoms with Crippen molar-refractivity contribution in [2.75, 3.05) is 5.32 Å². The van der Waals surface area contributed by atoms with Crippen molar-refractivity contribution in [2.45, 2.75) is 19.3 Å². The van der Waals surface area contributed by atoms with Crippen molar-refractivity contribution in [3.05, 3.63) is 57.5 Å². The quantitative estimate of drug-likeness (QED) is 0.597. The molecule has 4 nitrogen and oxygen atoms in total. The minimum Gasteiger partial charge on any atom is -0.461 e. The summed E-state index contributed by atoms with van der Waals surface area (Å²) in [5.41, 5.74) is 0.324. The second kappa shape index (κ2) is 6.72. The van der Waals surface area contributed by atoms with Gasteiger partial charge in [-0.05, 0) is 42.7 Å². The highest BCUT2D eigenvalue weighted by molar-refractivity contribution is 6.36. The zero-order valence-electron chi connectivity index (χ0n) is 12.8. The van der Waals surface area contributed by atoms with E-state index in [1.165, 1.54) is 12.1 Å². The fourth-order valence-electron chi connectivity index (χ4n) is 2.44. The Morgan fingerprint density at radius 3 is 2.75 bits per heavy atom. The van der Waals surface area contributed by atoms with E-state index < -0.39 is 5.91 Å². The molecule has 122 valence electrons. The SMILES string of the molecule is C[C@H]1C[C@@H]1c1ccc(/C=C(\C#N)C(=O)Nc2ccc(Cl)cc2Cl)o1. The van der Waals surface area contributed by atoms with Gasteiger partial charge in [0.05, 0.1) is 10.7 Å². The molecule has 1 saturated carbocycles. The maximum atomic E-state index is 12.3. The lowest BCUT2D eigenvalue weighted by Gasteiger charge is -2.06. The van der Waals surface area contributed by atoms with Crippen molar-refractivity contribution in [2.24, 2.45) is 5.92 Å². The Labute approximate surface area is 149 Å². The summed E-state index contributed by atoms with van der Waals surface area (Å²) in [6.07, 6.45) is 2.53. The fourth-order valence-corrected chi connectivity index (χ4v) is 2.89. The number of anilines is 1. The molecule has 0 bridgehead atoms. The van der Waals surface area contributed by atoms with Gasteiger partial charge in [0.15, 0.2) is 0 Å². The van der Waals surface area contributed by atoms with Crippen LogP contribution < -0.4 is 5.32 Å². The number of rotatable bonds is 4. The normalized spacial score (nSPS) is 19.7.